The average molecular weight is 253 g/mol. The van der Waals surface area contributed by atoms with E-state index in [0.29, 0.717) is 5.41 Å². The second-order valence-electron chi connectivity index (χ2n) is 7.03. The third-order valence-corrected chi connectivity index (χ3v) is 4.95. The highest BCUT2D eigenvalue weighted by Crippen LogP contribution is 2.31. The molecule has 0 aromatic rings. The Balaban J connectivity index is 2.38. The maximum Gasteiger partial charge on any atom is -0.00232 e. The Labute approximate surface area is 115 Å². The Morgan fingerprint density at radius 1 is 0.833 bits per heavy atom. The fraction of sp³-hybridized carbons (Fsp3) is 1.00. The number of hydrogen-bond donors (Lipinski definition) is 1. The van der Waals surface area contributed by atoms with Crippen LogP contribution in [0, 0.1) is 11.3 Å². The molecule has 0 aliphatic heterocycles. The van der Waals surface area contributed by atoms with Crippen molar-refractivity contribution in [3.63, 3.8) is 0 Å². The van der Waals surface area contributed by atoms with Gasteiger partial charge in [-0.2, -0.15) is 0 Å². The van der Waals surface area contributed by atoms with Crippen molar-refractivity contribution in [2.45, 2.75) is 90.9 Å². The molecule has 1 aliphatic rings. The summed E-state index contributed by atoms with van der Waals surface area (Å²) in [4.78, 5) is 0. The zero-order valence-corrected chi connectivity index (χ0v) is 12.8. The monoisotopic (exact) mass is 253 g/mol. The molecule has 1 saturated carbocycles. The van der Waals surface area contributed by atoms with Crippen LogP contribution < -0.4 is 5.73 Å². The first kappa shape index (κ1) is 16.0. The lowest BCUT2D eigenvalue weighted by atomic mass is 9.79. The smallest absolute Gasteiger partial charge is 0.00232 e. The Hall–Kier alpha value is -0.0400. The van der Waals surface area contributed by atoms with E-state index in [0.717, 1.165) is 12.5 Å². The second-order valence-corrected chi connectivity index (χ2v) is 7.03. The molecule has 1 fully saturated rings. The van der Waals surface area contributed by atoms with Crippen LogP contribution in [0.4, 0.5) is 0 Å². The van der Waals surface area contributed by atoms with Gasteiger partial charge in [0.05, 0.1) is 0 Å². The minimum atomic E-state index is 0.420. The van der Waals surface area contributed by atoms with Gasteiger partial charge < -0.3 is 5.73 Å². The molecular formula is C17H35N. The van der Waals surface area contributed by atoms with E-state index in [4.69, 9.17) is 5.73 Å². The van der Waals surface area contributed by atoms with Gasteiger partial charge in [0.15, 0.2) is 0 Å². The molecule has 0 aromatic heterocycles. The Morgan fingerprint density at radius 2 is 1.33 bits per heavy atom. The lowest BCUT2D eigenvalue weighted by Gasteiger charge is -2.29. The van der Waals surface area contributed by atoms with Gasteiger partial charge in [0.2, 0.25) is 0 Å². The zero-order valence-electron chi connectivity index (χ0n) is 12.8. The summed E-state index contributed by atoms with van der Waals surface area (Å²) < 4.78 is 0. The first-order valence-corrected chi connectivity index (χ1v) is 8.36. The Kier molecular flexibility index (Phi) is 7.97. The van der Waals surface area contributed by atoms with Crippen LogP contribution in [-0.4, -0.2) is 6.54 Å². The third-order valence-electron chi connectivity index (χ3n) is 4.95. The minimum Gasteiger partial charge on any atom is -0.330 e. The summed E-state index contributed by atoms with van der Waals surface area (Å²) in [6, 6.07) is 0. The lowest BCUT2D eigenvalue weighted by Crippen LogP contribution is -2.27. The van der Waals surface area contributed by atoms with Crippen molar-refractivity contribution in [2.24, 2.45) is 17.1 Å². The van der Waals surface area contributed by atoms with Crippen molar-refractivity contribution < 1.29 is 0 Å². The van der Waals surface area contributed by atoms with Gasteiger partial charge in [0.1, 0.15) is 0 Å². The van der Waals surface area contributed by atoms with E-state index in [1.54, 1.807) is 0 Å². The SMILES string of the molecule is CC1CCCCCCCCCC(C)(CN)CCC1. The predicted molar refractivity (Wildman–Crippen MR) is 81.7 cm³/mol. The van der Waals surface area contributed by atoms with Crippen LogP contribution in [0.2, 0.25) is 0 Å². The van der Waals surface area contributed by atoms with Crippen molar-refractivity contribution in [1.29, 1.82) is 0 Å². The van der Waals surface area contributed by atoms with Gasteiger partial charge in [-0.05, 0) is 30.7 Å². The predicted octanol–water partition coefficient (Wildman–Crippen LogP) is 5.28. The molecule has 18 heavy (non-hydrogen) atoms. The normalized spacial score (nSPS) is 33.8. The topological polar surface area (TPSA) is 26.0 Å². The zero-order chi connectivity index (χ0) is 13.3. The number of nitrogens with two attached hydrogens (primary N) is 1. The van der Waals surface area contributed by atoms with E-state index < -0.39 is 0 Å². The van der Waals surface area contributed by atoms with Crippen LogP contribution in [0.25, 0.3) is 0 Å². The van der Waals surface area contributed by atoms with Gasteiger partial charge in [-0.3, -0.25) is 0 Å². The van der Waals surface area contributed by atoms with Gasteiger partial charge in [0, 0.05) is 0 Å². The van der Waals surface area contributed by atoms with Crippen LogP contribution in [0.5, 0.6) is 0 Å². The van der Waals surface area contributed by atoms with E-state index in [1.807, 2.05) is 0 Å². The molecule has 2 atom stereocenters. The molecule has 1 rings (SSSR count). The fourth-order valence-electron chi connectivity index (χ4n) is 3.28. The van der Waals surface area contributed by atoms with Gasteiger partial charge in [-0.1, -0.05) is 78.1 Å². The number of hydrogen-bond acceptors (Lipinski definition) is 1. The maximum absolute atomic E-state index is 6.01. The maximum atomic E-state index is 6.01. The molecule has 2 N–H and O–H groups in total. The third kappa shape index (κ3) is 6.78. The van der Waals surface area contributed by atoms with Gasteiger partial charge >= 0.3 is 0 Å². The highest BCUT2D eigenvalue weighted by molar-refractivity contribution is 4.76. The van der Waals surface area contributed by atoms with E-state index >= 15 is 0 Å². The van der Waals surface area contributed by atoms with Crippen LogP contribution in [-0.2, 0) is 0 Å². The van der Waals surface area contributed by atoms with Crippen molar-refractivity contribution in [3.8, 4) is 0 Å². The molecule has 0 radical (unpaired) electrons. The van der Waals surface area contributed by atoms with E-state index in [9.17, 15) is 0 Å². The van der Waals surface area contributed by atoms with Crippen molar-refractivity contribution in [1.82, 2.24) is 0 Å². The van der Waals surface area contributed by atoms with Crippen LogP contribution in [0.15, 0.2) is 0 Å². The summed E-state index contributed by atoms with van der Waals surface area (Å²) in [6.07, 6.45) is 17.0. The van der Waals surface area contributed by atoms with E-state index in [1.165, 1.54) is 77.0 Å². The molecule has 1 heteroatoms. The van der Waals surface area contributed by atoms with Gasteiger partial charge in [-0.15, -0.1) is 0 Å². The summed E-state index contributed by atoms with van der Waals surface area (Å²) in [7, 11) is 0. The quantitative estimate of drug-likeness (QED) is 0.676. The van der Waals surface area contributed by atoms with Gasteiger partial charge in [-0.25, -0.2) is 0 Å². The molecule has 0 heterocycles. The first-order valence-electron chi connectivity index (χ1n) is 8.36. The van der Waals surface area contributed by atoms with Crippen molar-refractivity contribution >= 4 is 0 Å². The molecule has 0 amide bonds. The summed E-state index contributed by atoms with van der Waals surface area (Å²) >= 11 is 0. The van der Waals surface area contributed by atoms with E-state index in [-0.39, 0.29) is 0 Å². The number of rotatable bonds is 1. The average Bonchev–Trinajstić information content (AvgIpc) is 2.36. The fourth-order valence-corrected chi connectivity index (χ4v) is 3.28. The molecular weight excluding hydrogens is 218 g/mol. The Bertz CT molecular complexity index is 202. The largest absolute Gasteiger partial charge is 0.330 e. The lowest BCUT2D eigenvalue weighted by molar-refractivity contribution is 0.252. The first-order chi connectivity index (χ1) is 8.66. The standard InChI is InChI=1S/C17H35N/c1-16-11-8-6-4-3-5-7-9-13-17(2,15-18)14-10-12-16/h16H,3-15,18H2,1-2H3. The molecule has 1 aliphatic carbocycles. The molecule has 0 bridgehead atoms. The van der Waals surface area contributed by atoms with Crippen molar-refractivity contribution in [2.75, 3.05) is 6.54 Å². The summed E-state index contributed by atoms with van der Waals surface area (Å²) in [5.74, 6) is 0.926. The van der Waals surface area contributed by atoms with Crippen LogP contribution in [0.3, 0.4) is 0 Å². The Morgan fingerprint density at radius 3 is 2.00 bits per heavy atom. The summed E-state index contributed by atoms with van der Waals surface area (Å²) in [6.45, 7) is 5.72. The molecule has 0 aromatic carbocycles. The minimum absolute atomic E-state index is 0.420. The molecule has 0 saturated heterocycles. The van der Waals surface area contributed by atoms with E-state index in [2.05, 4.69) is 13.8 Å². The molecule has 0 spiro atoms. The van der Waals surface area contributed by atoms with Crippen LogP contribution in [0.1, 0.15) is 90.9 Å². The second kappa shape index (κ2) is 8.96. The highest BCUT2D eigenvalue weighted by atomic mass is 14.6. The van der Waals surface area contributed by atoms with Crippen LogP contribution >= 0.6 is 0 Å². The van der Waals surface area contributed by atoms with Gasteiger partial charge in [0.25, 0.3) is 0 Å². The summed E-state index contributed by atoms with van der Waals surface area (Å²) in [5, 5.41) is 0. The summed E-state index contributed by atoms with van der Waals surface area (Å²) in [5.41, 5.74) is 6.43. The van der Waals surface area contributed by atoms with Crippen molar-refractivity contribution in [3.05, 3.63) is 0 Å². The highest BCUT2D eigenvalue weighted by Gasteiger charge is 2.21. The molecule has 2 unspecified atom stereocenters. The molecule has 108 valence electrons. The molecule has 1 nitrogen and oxygen atoms in total.